The maximum absolute atomic E-state index is 13.9. The molecule has 3 atom stereocenters. The van der Waals surface area contributed by atoms with Crippen molar-refractivity contribution >= 4 is 50.2 Å². The number of hydrogen-bond donors (Lipinski definition) is 1. The number of halogens is 2. The third-order valence-electron chi connectivity index (χ3n) is 8.22. The highest BCUT2D eigenvalue weighted by Crippen LogP contribution is 2.59. The highest BCUT2D eigenvalue weighted by Gasteiger charge is 2.64. The molecular weight excluding hydrogens is 635 g/mol. The highest BCUT2D eigenvalue weighted by molar-refractivity contribution is 9.10. The quantitative estimate of drug-likeness (QED) is 0.151. The first-order chi connectivity index (χ1) is 21.1. The Labute approximate surface area is 260 Å². The van der Waals surface area contributed by atoms with E-state index in [2.05, 4.69) is 53.2 Å². The van der Waals surface area contributed by atoms with Crippen molar-refractivity contribution in [3.05, 3.63) is 58.5 Å². The zero-order valence-corrected chi connectivity index (χ0v) is 26.0. The molecule has 4 aromatic rings. The minimum absolute atomic E-state index is 0.0704. The largest absolute Gasteiger partial charge is 0.374 e. The van der Waals surface area contributed by atoms with Gasteiger partial charge in [0, 0.05) is 41.9 Å². The first-order valence-electron chi connectivity index (χ1n) is 14.2. The Balaban J connectivity index is 1.25. The van der Waals surface area contributed by atoms with Gasteiger partial charge in [0.15, 0.2) is 5.78 Å². The van der Waals surface area contributed by atoms with Crippen molar-refractivity contribution in [2.45, 2.75) is 58.8 Å². The van der Waals surface area contributed by atoms with E-state index < -0.39 is 12.7 Å². The van der Waals surface area contributed by atoms with Crippen LogP contribution in [0, 0.1) is 12.3 Å². The molecule has 5 heterocycles. The van der Waals surface area contributed by atoms with Crippen molar-refractivity contribution in [3.8, 4) is 11.3 Å². The van der Waals surface area contributed by atoms with Gasteiger partial charge in [-0.1, -0.05) is 13.0 Å². The number of carbonyl (C=O) groups excluding carboxylic acids is 3. The standard InChI is InChI=1S/C30H30BrFN8O4/c1-16(41)27-20-8-21(19-11-33-17(2)34-12-19)35-13-23(20)39(38-27)14-26(42)40-22(9-30(3)10-24(30)40)29(43)37-28-18(15-44-7-6-32)4-5-25(31)36-28/h4-5,8,11-13,22,24H,6-7,9-10,14-15H2,1-3H3,(H,36,37,43)/t22-,24+,30-/m0/s1. The minimum atomic E-state index is -0.730. The second-order valence-corrected chi connectivity index (χ2v) is 12.2. The number of anilines is 1. The van der Waals surface area contributed by atoms with Crippen LogP contribution in [-0.4, -0.2) is 77.6 Å². The van der Waals surface area contributed by atoms with Crippen LogP contribution in [0.15, 0.2) is 41.4 Å². The van der Waals surface area contributed by atoms with Gasteiger partial charge in [-0.25, -0.2) is 19.3 Å². The Morgan fingerprint density at radius 2 is 1.93 bits per heavy atom. The van der Waals surface area contributed by atoms with E-state index >= 15 is 0 Å². The molecular formula is C30H30BrFN8O4. The van der Waals surface area contributed by atoms with Gasteiger partial charge in [0.1, 0.15) is 41.2 Å². The second kappa shape index (κ2) is 11.7. The number of hydrogen-bond acceptors (Lipinski definition) is 9. The lowest BCUT2D eigenvalue weighted by atomic mass is 10.0. The van der Waals surface area contributed by atoms with Crippen LogP contribution in [0.4, 0.5) is 10.2 Å². The van der Waals surface area contributed by atoms with E-state index in [4.69, 9.17) is 4.74 Å². The van der Waals surface area contributed by atoms with E-state index in [1.807, 2.05) is 0 Å². The fourth-order valence-electron chi connectivity index (χ4n) is 5.83. The van der Waals surface area contributed by atoms with Crippen LogP contribution in [0.25, 0.3) is 22.2 Å². The fourth-order valence-corrected chi connectivity index (χ4v) is 6.14. The molecule has 1 saturated heterocycles. The molecule has 0 unspecified atom stereocenters. The number of piperidine rings is 1. The first-order valence-corrected chi connectivity index (χ1v) is 14.9. The number of Topliss-reactive ketones (excluding diaryl/α,β-unsaturated/α-hetero) is 1. The molecule has 0 aromatic carbocycles. The number of aryl methyl sites for hydroxylation is 1. The van der Waals surface area contributed by atoms with Crippen LogP contribution in [0.3, 0.4) is 0 Å². The maximum atomic E-state index is 13.9. The van der Waals surface area contributed by atoms with Crippen molar-refractivity contribution in [3.63, 3.8) is 0 Å². The van der Waals surface area contributed by atoms with Crippen molar-refractivity contribution in [2.75, 3.05) is 18.6 Å². The average Bonchev–Trinajstić information content (AvgIpc) is 3.35. The lowest BCUT2D eigenvalue weighted by Gasteiger charge is -2.27. The molecule has 0 radical (unpaired) electrons. The predicted octanol–water partition coefficient (Wildman–Crippen LogP) is 4.06. The van der Waals surface area contributed by atoms with Gasteiger partial charge in [-0.15, -0.1) is 0 Å². The number of nitrogens with zero attached hydrogens (tertiary/aromatic N) is 7. The molecule has 0 spiro atoms. The predicted molar refractivity (Wildman–Crippen MR) is 161 cm³/mol. The molecule has 12 nitrogen and oxygen atoms in total. The van der Waals surface area contributed by atoms with Gasteiger partial charge in [0.25, 0.3) is 0 Å². The van der Waals surface area contributed by atoms with Crippen molar-refractivity contribution < 1.29 is 23.5 Å². The fraction of sp³-hybridized carbons (Fsp3) is 0.400. The summed E-state index contributed by atoms with van der Waals surface area (Å²) in [5.74, 6) is -0.000764. The maximum Gasteiger partial charge on any atom is 0.248 e. The first kappa shape index (κ1) is 29.9. The van der Waals surface area contributed by atoms with Gasteiger partial charge in [0.2, 0.25) is 11.8 Å². The SMILES string of the molecule is CC(=O)c1nn(CC(=O)N2[C@H](C(=O)Nc3nc(Br)ccc3COCCF)C[C@@]3(C)C[C@@H]23)c2cnc(-c3cnc(C)nc3)cc12. The number of likely N-dealkylation sites (tertiary alicyclic amines) is 1. The van der Waals surface area contributed by atoms with Gasteiger partial charge in [-0.2, -0.15) is 5.10 Å². The summed E-state index contributed by atoms with van der Waals surface area (Å²) >= 11 is 3.33. The van der Waals surface area contributed by atoms with Crippen LogP contribution in [0.5, 0.6) is 0 Å². The molecule has 44 heavy (non-hydrogen) atoms. The van der Waals surface area contributed by atoms with Crippen molar-refractivity contribution in [1.29, 1.82) is 0 Å². The number of pyridine rings is 2. The smallest absolute Gasteiger partial charge is 0.248 e. The summed E-state index contributed by atoms with van der Waals surface area (Å²) in [6.07, 6.45) is 6.19. The summed E-state index contributed by atoms with van der Waals surface area (Å²) < 4.78 is 19.9. The number of ether oxygens (including phenoxy) is 1. The molecule has 1 aliphatic carbocycles. The Kier molecular flexibility index (Phi) is 7.97. The Morgan fingerprint density at radius 1 is 1.16 bits per heavy atom. The summed E-state index contributed by atoms with van der Waals surface area (Å²) in [7, 11) is 0. The molecule has 4 aromatic heterocycles. The molecule has 1 saturated carbocycles. The zero-order valence-electron chi connectivity index (χ0n) is 24.4. The monoisotopic (exact) mass is 664 g/mol. The number of rotatable bonds is 10. The number of carbonyl (C=O) groups is 3. The summed E-state index contributed by atoms with van der Waals surface area (Å²) in [6.45, 7) is 4.48. The van der Waals surface area contributed by atoms with E-state index in [0.29, 0.717) is 44.6 Å². The summed E-state index contributed by atoms with van der Waals surface area (Å²) in [5, 5.41) is 7.92. The Morgan fingerprint density at radius 3 is 2.66 bits per heavy atom. The highest BCUT2D eigenvalue weighted by atomic mass is 79.9. The third kappa shape index (κ3) is 5.71. The molecule has 14 heteroatoms. The van der Waals surface area contributed by atoms with Crippen molar-refractivity contribution in [2.24, 2.45) is 5.41 Å². The third-order valence-corrected chi connectivity index (χ3v) is 8.67. The molecule has 1 aliphatic heterocycles. The van der Waals surface area contributed by atoms with Gasteiger partial charge in [-0.3, -0.25) is 24.0 Å². The summed E-state index contributed by atoms with van der Waals surface area (Å²) in [5.41, 5.74) is 2.43. The number of alkyl halides is 1. The average molecular weight is 666 g/mol. The number of nitrogens with one attached hydrogen (secondary N) is 1. The number of amides is 2. The lowest BCUT2D eigenvalue weighted by Crippen LogP contribution is -2.47. The summed E-state index contributed by atoms with van der Waals surface area (Å²) in [6, 6.07) is 4.38. The van der Waals surface area contributed by atoms with Gasteiger partial charge in [-0.05, 0) is 53.2 Å². The summed E-state index contributed by atoms with van der Waals surface area (Å²) in [4.78, 5) is 59.1. The normalized spacial score (nSPS) is 20.5. The lowest BCUT2D eigenvalue weighted by molar-refractivity contribution is -0.138. The van der Waals surface area contributed by atoms with E-state index in [0.717, 1.165) is 6.42 Å². The van der Waals surface area contributed by atoms with Crippen LogP contribution >= 0.6 is 15.9 Å². The molecule has 0 bridgehead atoms. The minimum Gasteiger partial charge on any atom is -0.374 e. The van der Waals surface area contributed by atoms with Crippen LogP contribution in [-0.2, 0) is 27.5 Å². The second-order valence-electron chi connectivity index (χ2n) is 11.4. The molecule has 2 aliphatic rings. The molecule has 2 amide bonds. The van der Waals surface area contributed by atoms with E-state index in [1.165, 1.54) is 11.6 Å². The number of ketones is 1. The molecule has 2 fully saturated rings. The van der Waals surface area contributed by atoms with Crippen LogP contribution < -0.4 is 5.32 Å². The Hall–Kier alpha value is -4.17. The van der Waals surface area contributed by atoms with Gasteiger partial charge >= 0.3 is 0 Å². The van der Waals surface area contributed by atoms with Crippen LogP contribution in [0.2, 0.25) is 0 Å². The topological polar surface area (TPSA) is 145 Å². The number of fused-ring (bicyclic) bond motifs is 2. The Bertz CT molecular complexity index is 1780. The molecule has 1 N–H and O–H groups in total. The molecule has 228 valence electrons. The molecule has 6 rings (SSSR count). The van der Waals surface area contributed by atoms with Crippen LogP contribution in [0.1, 0.15) is 48.6 Å². The van der Waals surface area contributed by atoms with E-state index in [-0.39, 0.29) is 60.3 Å². The van der Waals surface area contributed by atoms with Gasteiger partial charge in [0.05, 0.1) is 30.6 Å². The zero-order chi connectivity index (χ0) is 31.2. The van der Waals surface area contributed by atoms with Crippen molar-refractivity contribution in [1.82, 2.24) is 34.6 Å². The van der Waals surface area contributed by atoms with Gasteiger partial charge < -0.3 is 15.0 Å². The van der Waals surface area contributed by atoms with E-state index in [1.54, 1.807) is 48.6 Å². The number of aromatic nitrogens is 6. The van der Waals surface area contributed by atoms with E-state index in [9.17, 15) is 18.8 Å².